The van der Waals surface area contributed by atoms with Gasteiger partial charge in [0.1, 0.15) is 5.71 Å². The molecule has 0 spiro atoms. The van der Waals surface area contributed by atoms with E-state index in [1.54, 1.807) is 6.21 Å². The summed E-state index contributed by atoms with van der Waals surface area (Å²) in [6.45, 7) is 0. The molecule has 1 aliphatic rings. The maximum atomic E-state index is 4.53. The molecule has 0 atom stereocenters. The molecule has 0 bridgehead atoms. The molecule has 0 fully saturated rings. The monoisotopic (exact) mass is 325 g/mol. The van der Waals surface area contributed by atoms with Crippen molar-refractivity contribution in [3.63, 3.8) is 0 Å². The third kappa shape index (κ3) is 2.85. The summed E-state index contributed by atoms with van der Waals surface area (Å²) in [6, 6.07) is 25.0. The van der Waals surface area contributed by atoms with E-state index in [1.165, 1.54) is 16.8 Å². The molecule has 0 heterocycles. The van der Waals surface area contributed by atoms with Crippen LogP contribution in [-0.2, 0) is 0 Å². The van der Waals surface area contributed by atoms with Gasteiger partial charge >= 0.3 is 0 Å². The standard InChI is InChI=1S/C22H19N3/c1-25(2)17-13-11-16(12-14-17)15-23-24-22-20-9-5-3-7-18(20)19-8-4-6-10-21(19)22/h3-15H,1-2H3/b23-15-. The third-order valence-electron chi connectivity index (χ3n) is 4.43. The third-order valence-corrected chi connectivity index (χ3v) is 4.43. The number of hydrogen-bond acceptors (Lipinski definition) is 3. The average molecular weight is 325 g/mol. The van der Waals surface area contributed by atoms with Crippen LogP contribution < -0.4 is 4.90 Å². The molecule has 0 aliphatic heterocycles. The first-order valence-corrected chi connectivity index (χ1v) is 8.31. The molecule has 0 N–H and O–H groups in total. The Hall–Kier alpha value is -3.20. The lowest BCUT2D eigenvalue weighted by Gasteiger charge is -2.11. The number of anilines is 1. The molecule has 3 heteroatoms. The van der Waals surface area contributed by atoms with Crippen LogP contribution >= 0.6 is 0 Å². The second-order valence-corrected chi connectivity index (χ2v) is 6.27. The minimum atomic E-state index is 0.937. The molecular weight excluding hydrogens is 306 g/mol. The fourth-order valence-electron chi connectivity index (χ4n) is 3.11. The van der Waals surface area contributed by atoms with E-state index in [9.17, 15) is 0 Å². The number of nitrogens with zero attached hydrogens (tertiary/aromatic N) is 3. The normalized spacial score (nSPS) is 12.2. The van der Waals surface area contributed by atoms with Crippen LogP contribution in [0.15, 0.2) is 83.0 Å². The highest BCUT2D eigenvalue weighted by Gasteiger charge is 2.23. The van der Waals surface area contributed by atoms with Crippen molar-refractivity contribution in [1.29, 1.82) is 0 Å². The van der Waals surface area contributed by atoms with Crippen molar-refractivity contribution >= 4 is 17.6 Å². The number of hydrogen-bond donors (Lipinski definition) is 0. The van der Waals surface area contributed by atoms with Crippen LogP contribution in [0.3, 0.4) is 0 Å². The Labute approximate surface area is 148 Å². The largest absolute Gasteiger partial charge is 0.378 e. The van der Waals surface area contributed by atoms with E-state index in [-0.39, 0.29) is 0 Å². The summed E-state index contributed by atoms with van der Waals surface area (Å²) < 4.78 is 0. The molecule has 0 radical (unpaired) electrons. The lowest BCUT2D eigenvalue weighted by Crippen LogP contribution is -2.08. The molecule has 0 saturated heterocycles. The van der Waals surface area contributed by atoms with Crippen LogP contribution in [0.25, 0.3) is 11.1 Å². The van der Waals surface area contributed by atoms with Crippen LogP contribution in [0.1, 0.15) is 16.7 Å². The second kappa shape index (κ2) is 6.36. The Morgan fingerprint density at radius 1 is 0.680 bits per heavy atom. The number of fused-ring (bicyclic) bond motifs is 3. The van der Waals surface area contributed by atoms with Crippen LogP contribution in [-0.4, -0.2) is 26.0 Å². The zero-order valence-electron chi connectivity index (χ0n) is 14.3. The lowest BCUT2D eigenvalue weighted by atomic mass is 10.1. The first-order valence-electron chi connectivity index (χ1n) is 8.31. The Balaban J connectivity index is 1.67. The lowest BCUT2D eigenvalue weighted by molar-refractivity contribution is 1.13. The SMILES string of the molecule is CN(C)c1ccc(/C=N\N=C2c3ccccc3-c3ccccc32)cc1. The van der Waals surface area contributed by atoms with E-state index in [0.29, 0.717) is 0 Å². The van der Waals surface area contributed by atoms with E-state index in [2.05, 4.69) is 75.8 Å². The minimum absolute atomic E-state index is 0.937. The molecular formula is C22H19N3. The fraction of sp³-hybridized carbons (Fsp3) is 0.0909. The molecule has 0 unspecified atom stereocenters. The summed E-state index contributed by atoms with van der Waals surface area (Å²) in [7, 11) is 4.06. The topological polar surface area (TPSA) is 28.0 Å². The van der Waals surface area contributed by atoms with Gasteiger partial charge < -0.3 is 4.90 Å². The minimum Gasteiger partial charge on any atom is -0.378 e. The molecule has 3 nitrogen and oxygen atoms in total. The Morgan fingerprint density at radius 3 is 1.72 bits per heavy atom. The summed E-state index contributed by atoms with van der Waals surface area (Å²) in [5, 5.41) is 8.88. The van der Waals surface area contributed by atoms with Crippen molar-refractivity contribution in [3.8, 4) is 11.1 Å². The fourth-order valence-corrected chi connectivity index (χ4v) is 3.11. The predicted molar refractivity (Wildman–Crippen MR) is 106 cm³/mol. The van der Waals surface area contributed by atoms with Gasteiger partial charge in [-0.1, -0.05) is 60.7 Å². The van der Waals surface area contributed by atoms with Crippen molar-refractivity contribution in [3.05, 3.63) is 89.5 Å². The highest BCUT2D eigenvalue weighted by molar-refractivity contribution is 6.24. The summed E-state index contributed by atoms with van der Waals surface area (Å²) in [5.74, 6) is 0. The maximum absolute atomic E-state index is 4.53. The predicted octanol–water partition coefficient (Wildman–Crippen LogP) is 4.60. The Morgan fingerprint density at radius 2 is 1.20 bits per heavy atom. The Bertz CT molecular complexity index is 919. The number of rotatable bonds is 3. The second-order valence-electron chi connectivity index (χ2n) is 6.27. The van der Waals surface area contributed by atoms with Crippen molar-refractivity contribution in [1.82, 2.24) is 0 Å². The summed E-state index contributed by atoms with van der Waals surface area (Å²) in [4.78, 5) is 2.08. The van der Waals surface area contributed by atoms with Gasteiger partial charge in [0, 0.05) is 30.9 Å². The van der Waals surface area contributed by atoms with Crippen molar-refractivity contribution < 1.29 is 0 Å². The first-order chi connectivity index (χ1) is 12.2. The van der Waals surface area contributed by atoms with Gasteiger partial charge in [-0.2, -0.15) is 5.10 Å². The van der Waals surface area contributed by atoms with Crippen molar-refractivity contribution in [2.24, 2.45) is 10.2 Å². The van der Waals surface area contributed by atoms with Crippen LogP contribution in [0, 0.1) is 0 Å². The summed E-state index contributed by atoms with van der Waals surface area (Å²) in [6.07, 6.45) is 1.80. The van der Waals surface area contributed by atoms with Crippen LogP contribution in [0.5, 0.6) is 0 Å². The quantitative estimate of drug-likeness (QED) is 0.399. The highest BCUT2D eigenvalue weighted by atomic mass is 15.2. The highest BCUT2D eigenvalue weighted by Crippen LogP contribution is 2.36. The van der Waals surface area contributed by atoms with E-state index < -0.39 is 0 Å². The Kier molecular flexibility index (Phi) is 3.90. The van der Waals surface area contributed by atoms with E-state index >= 15 is 0 Å². The smallest absolute Gasteiger partial charge is 0.101 e. The average Bonchev–Trinajstić information content (AvgIpc) is 2.97. The van der Waals surface area contributed by atoms with Gasteiger partial charge in [0.05, 0.1) is 6.21 Å². The van der Waals surface area contributed by atoms with Gasteiger partial charge in [0.2, 0.25) is 0 Å². The van der Waals surface area contributed by atoms with E-state index in [1.807, 2.05) is 26.2 Å². The zero-order chi connectivity index (χ0) is 17.2. The van der Waals surface area contributed by atoms with Gasteiger partial charge in [-0.05, 0) is 28.8 Å². The van der Waals surface area contributed by atoms with E-state index in [4.69, 9.17) is 0 Å². The molecule has 122 valence electrons. The zero-order valence-corrected chi connectivity index (χ0v) is 14.3. The van der Waals surface area contributed by atoms with Crippen LogP contribution in [0.2, 0.25) is 0 Å². The van der Waals surface area contributed by atoms with E-state index in [0.717, 1.165) is 22.4 Å². The molecule has 25 heavy (non-hydrogen) atoms. The molecule has 1 aliphatic carbocycles. The van der Waals surface area contributed by atoms with Gasteiger partial charge in [0.15, 0.2) is 0 Å². The summed E-state index contributed by atoms with van der Waals surface area (Å²) >= 11 is 0. The molecule has 0 saturated carbocycles. The molecule has 3 aromatic rings. The summed E-state index contributed by atoms with van der Waals surface area (Å²) in [5.41, 5.74) is 7.88. The molecule has 4 rings (SSSR count). The van der Waals surface area contributed by atoms with Gasteiger partial charge in [0.25, 0.3) is 0 Å². The van der Waals surface area contributed by atoms with Crippen molar-refractivity contribution in [2.75, 3.05) is 19.0 Å². The molecule has 3 aromatic carbocycles. The van der Waals surface area contributed by atoms with Gasteiger partial charge in [-0.25, -0.2) is 0 Å². The molecule has 0 amide bonds. The van der Waals surface area contributed by atoms with Gasteiger partial charge in [-0.3, -0.25) is 0 Å². The maximum Gasteiger partial charge on any atom is 0.101 e. The van der Waals surface area contributed by atoms with Gasteiger partial charge in [-0.15, -0.1) is 5.10 Å². The van der Waals surface area contributed by atoms with Crippen LogP contribution in [0.4, 0.5) is 5.69 Å². The van der Waals surface area contributed by atoms with Crippen molar-refractivity contribution in [2.45, 2.75) is 0 Å². The number of benzene rings is 3. The molecule has 0 aromatic heterocycles. The first kappa shape index (κ1) is 15.3.